The molecule has 0 fully saturated rings. The minimum Gasteiger partial charge on any atom is -0.481 e. The second kappa shape index (κ2) is 8.22. The Kier molecular flexibility index (Phi) is 8.94. The number of hydrogen-bond acceptors (Lipinski definition) is 4. The second-order valence-electron chi connectivity index (χ2n) is 2.60. The maximum Gasteiger partial charge on any atom is 0.320 e. The van der Waals surface area contributed by atoms with Crippen molar-refractivity contribution in [1.29, 1.82) is 0 Å². The monoisotopic (exact) mass is 261 g/mol. The van der Waals surface area contributed by atoms with Gasteiger partial charge < -0.3 is 15.3 Å². The molecule has 0 heterocycles. The fraction of sp³-hybridized carbons (Fsp3) is 0.571. The Hall–Kier alpha value is -1.11. The summed E-state index contributed by atoms with van der Waals surface area (Å²) >= 11 is 0. The van der Waals surface area contributed by atoms with Crippen molar-refractivity contribution in [3.8, 4) is 0 Å². The summed E-state index contributed by atoms with van der Waals surface area (Å²) in [7, 11) is 0. The van der Waals surface area contributed by atoms with Crippen LogP contribution in [0.4, 0.5) is 0 Å². The van der Waals surface area contributed by atoms with Crippen LogP contribution in [0, 0.1) is 0 Å². The number of carbonyl (C=O) groups is 3. The van der Waals surface area contributed by atoms with Crippen LogP contribution in [0.2, 0.25) is 0 Å². The normalized spacial score (nSPS) is 11.2. The standard InChI is InChI=1S/C7H11NO6.Fe/c9-5(10)2-1-4(7(13)14)8-3-6(11)12;/h4,8H,1-3H2,(H,9,10)(H,11,12)(H,13,14);/t4-;/m0./s1. The zero-order chi connectivity index (χ0) is 11.1. The first-order valence-corrected chi connectivity index (χ1v) is 3.83. The first-order chi connectivity index (χ1) is 6.43. The molecule has 8 heteroatoms. The van der Waals surface area contributed by atoms with Gasteiger partial charge in [-0.1, -0.05) is 0 Å². The number of nitrogens with one attached hydrogen (secondary N) is 1. The molecular formula is C7H11FeNO6. The molecule has 1 atom stereocenters. The summed E-state index contributed by atoms with van der Waals surface area (Å²) in [5, 5.41) is 27.3. The Morgan fingerprint density at radius 3 is 1.93 bits per heavy atom. The van der Waals surface area contributed by atoms with E-state index in [0.717, 1.165) is 0 Å². The van der Waals surface area contributed by atoms with Gasteiger partial charge in [0.15, 0.2) is 0 Å². The van der Waals surface area contributed by atoms with Crippen molar-refractivity contribution in [1.82, 2.24) is 5.32 Å². The Morgan fingerprint density at radius 2 is 1.60 bits per heavy atom. The third kappa shape index (κ3) is 9.20. The topological polar surface area (TPSA) is 124 Å². The molecule has 0 bridgehead atoms. The Morgan fingerprint density at radius 1 is 1.07 bits per heavy atom. The largest absolute Gasteiger partial charge is 0.481 e. The van der Waals surface area contributed by atoms with E-state index in [1.807, 2.05) is 0 Å². The molecule has 0 aliphatic carbocycles. The van der Waals surface area contributed by atoms with E-state index in [2.05, 4.69) is 5.32 Å². The van der Waals surface area contributed by atoms with Gasteiger partial charge in [0.1, 0.15) is 6.04 Å². The molecule has 0 rings (SSSR count). The van der Waals surface area contributed by atoms with Gasteiger partial charge in [-0.3, -0.25) is 19.7 Å². The van der Waals surface area contributed by atoms with Crippen LogP contribution in [-0.2, 0) is 31.5 Å². The van der Waals surface area contributed by atoms with Crippen molar-refractivity contribution in [3.63, 3.8) is 0 Å². The average molecular weight is 261 g/mol. The van der Waals surface area contributed by atoms with E-state index in [1.165, 1.54) is 0 Å². The molecular weight excluding hydrogens is 250 g/mol. The van der Waals surface area contributed by atoms with Crippen molar-refractivity contribution < 1.29 is 46.8 Å². The average Bonchev–Trinajstić information content (AvgIpc) is 2.02. The van der Waals surface area contributed by atoms with Crippen molar-refractivity contribution >= 4 is 17.9 Å². The van der Waals surface area contributed by atoms with E-state index >= 15 is 0 Å². The van der Waals surface area contributed by atoms with Gasteiger partial charge >= 0.3 is 17.9 Å². The fourth-order valence-corrected chi connectivity index (χ4v) is 0.791. The van der Waals surface area contributed by atoms with E-state index in [9.17, 15) is 14.4 Å². The van der Waals surface area contributed by atoms with Crippen LogP contribution in [0.3, 0.4) is 0 Å². The predicted molar refractivity (Wildman–Crippen MR) is 43.9 cm³/mol. The van der Waals surface area contributed by atoms with Crippen LogP contribution in [0.15, 0.2) is 0 Å². The van der Waals surface area contributed by atoms with Crippen LogP contribution in [-0.4, -0.2) is 45.8 Å². The number of hydrogen-bond donors (Lipinski definition) is 4. The van der Waals surface area contributed by atoms with Gasteiger partial charge in [-0.05, 0) is 6.42 Å². The number of rotatable bonds is 7. The van der Waals surface area contributed by atoms with Crippen LogP contribution >= 0.6 is 0 Å². The van der Waals surface area contributed by atoms with Gasteiger partial charge in [0.05, 0.1) is 6.54 Å². The number of carboxylic acids is 3. The molecule has 0 aromatic carbocycles. The van der Waals surface area contributed by atoms with Gasteiger partial charge in [0.25, 0.3) is 0 Å². The third-order valence-electron chi connectivity index (χ3n) is 1.44. The molecule has 0 aromatic rings. The maximum absolute atomic E-state index is 10.5. The van der Waals surface area contributed by atoms with Crippen LogP contribution < -0.4 is 5.32 Å². The molecule has 0 unspecified atom stereocenters. The third-order valence-corrected chi connectivity index (χ3v) is 1.44. The van der Waals surface area contributed by atoms with Gasteiger partial charge in [-0.2, -0.15) is 0 Å². The van der Waals surface area contributed by atoms with Gasteiger partial charge in [-0.25, -0.2) is 0 Å². The molecule has 0 amide bonds. The zero-order valence-corrected chi connectivity index (χ0v) is 8.72. The number of carboxylic acid groups (broad SMARTS) is 3. The summed E-state index contributed by atoms with van der Waals surface area (Å²) in [4.78, 5) is 30.7. The first-order valence-electron chi connectivity index (χ1n) is 3.83. The molecule has 0 saturated carbocycles. The van der Waals surface area contributed by atoms with Gasteiger partial charge in [-0.15, -0.1) is 0 Å². The summed E-state index contributed by atoms with van der Waals surface area (Å²) in [6.45, 7) is -0.503. The number of aliphatic carboxylic acids is 3. The summed E-state index contributed by atoms with van der Waals surface area (Å²) in [5.41, 5.74) is 0. The molecule has 0 saturated heterocycles. The van der Waals surface area contributed by atoms with Crippen molar-refractivity contribution in [2.45, 2.75) is 18.9 Å². The first kappa shape index (κ1) is 16.3. The minimum absolute atomic E-state index is 0. The summed E-state index contributed by atoms with van der Waals surface area (Å²) in [6.07, 6.45) is -0.457. The maximum atomic E-state index is 10.5. The summed E-state index contributed by atoms with van der Waals surface area (Å²) in [5.74, 6) is -3.56. The molecule has 0 spiro atoms. The van der Waals surface area contributed by atoms with E-state index < -0.39 is 30.5 Å². The quantitative estimate of drug-likeness (QED) is 0.432. The fourth-order valence-electron chi connectivity index (χ4n) is 0.791. The molecule has 0 aliphatic rings. The van der Waals surface area contributed by atoms with E-state index in [4.69, 9.17) is 15.3 Å². The summed E-state index contributed by atoms with van der Waals surface area (Å²) < 4.78 is 0. The Bertz CT molecular complexity index is 226. The molecule has 7 nitrogen and oxygen atoms in total. The van der Waals surface area contributed by atoms with Gasteiger partial charge in [0, 0.05) is 23.5 Å². The van der Waals surface area contributed by atoms with Crippen molar-refractivity contribution in [3.05, 3.63) is 0 Å². The molecule has 15 heavy (non-hydrogen) atoms. The van der Waals surface area contributed by atoms with Crippen LogP contribution in [0.5, 0.6) is 0 Å². The molecule has 0 aromatic heterocycles. The van der Waals surface area contributed by atoms with Crippen LogP contribution in [0.1, 0.15) is 12.8 Å². The molecule has 4 N–H and O–H groups in total. The molecule has 0 radical (unpaired) electrons. The smallest absolute Gasteiger partial charge is 0.320 e. The molecule has 88 valence electrons. The summed E-state index contributed by atoms with van der Waals surface area (Å²) in [6, 6.07) is -1.14. The Balaban J connectivity index is 0. The predicted octanol–water partition coefficient (Wildman–Crippen LogP) is -1.02. The van der Waals surface area contributed by atoms with E-state index in [-0.39, 0.29) is 29.9 Å². The minimum atomic E-state index is -1.26. The van der Waals surface area contributed by atoms with Crippen LogP contribution in [0.25, 0.3) is 0 Å². The van der Waals surface area contributed by atoms with E-state index in [1.54, 1.807) is 0 Å². The second-order valence-corrected chi connectivity index (χ2v) is 2.60. The van der Waals surface area contributed by atoms with Gasteiger partial charge in [0.2, 0.25) is 0 Å². The Labute approximate surface area is 95.9 Å². The van der Waals surface area contributed by atoms with Crippen molar-refractivity contribution in [2.75, 3.05) is 6.54 Å². The molecule has 0 aliphatic heterocycles. The zero-order valence-electron chi connectivity index (χ0n) is 7.62. The van der Waals surface area contributed by atoms with E-state index in [0.29, 0.717) is 0 Å². The SMILES string of the molecule is O=C(O)CC[C@H](NCC(=O)O)C(=O)O.[Fe]. The van der Waals surface area contributed by atoms with Crippen molar-refractivity contribution in [2.24, 2.45) is 0 Å².